The highest BCUT2D eigenvalue weighted by Crippen LogP contribution is 2.16. The van der Waals surface area contributed by atoms with Crippen LogP contribution in [0.3, 0.4) is 0 Å². The second-order valence-corrected chi connectivity index (χ2v) is 6.40. The van der Waals surface area contributed by atoms with E-state index < -0.39 is 17.9 Å². The number of anilines is 1. The maximum atomic E-state index is 12.5. The highest BCUT2D eigenvalue weighted by atomic mass is 79.9. The van der Waals surface area contributed by atoms with Gasteiger partial charge in [0, 0.05) is 17.8 Å². The van der Waals surface area contributed by atoms with E-state index >= 15 is 0 Å². The Kier molecular flexibility index (Phi) is 6.30. The van der Waals surface area contributed by atoms with Crippen LogP contribution in [0, 0.1) is 0 Å². The summed E-state index contributed by atoms with van der Waals surface area (Å²) in [4.78, 5) is 35.6. The number of amides is 3. The van der Waals surface area contributed by atoms with E-state index in [0.29, 0.717) is 5.69 Å². The van der Waals surface area contributed by atoms with Crippen molar-refractivity contribution in [1.29, 1.82) is 0 Å². The summed E-state index contributed by atoms with van der Waals surface area (Å²) in [5, 5.41) is 5.23. The lowest BCUT2D eigenvalue weighted by molar-refractivity contribution is -0.119. The number of hydrogen-bond donors (Lipinski definition) is 3. The first-order chi connectivity index (χ1) is 11.9. The minimum absolute atomic E-state index is 0.262. The van der Waals surface area contributed by atoms with Crippen LogP contribution in [-0.2, 0) is 16.0 Å². The van der Waals surface area contributed by atoms with Gasteiger partial charge in [-0.2, -0.15) is 0 Å². The zero-order valence-electron chi connectivity index (χ0n) is 13.6. The summed E-state index contributed by atoms with van der Waals surface area (Å²) < 4.78 is 0.871. The van der Waals surface area contributed by atoms with E-state index in [-0.39, 0.29) is 17.9 Å². The summed E-state index contributed by atoms with van der Waals surface area (Å²) in [6.07, 6.45) is 0.267. The molecule has 0 fully saturated rings. The Morgan fingerprint density at radius 3 is 2.48 bits per heavy atom. The van der Waals surface area contributed by atoms with Crippen molar-refractivity contribution in [2.75, 3.05) is 5.32 Å². The molecule has 0 radical (unpaired) electrons. The molecule has 0 aliphatic carbocycles. The predicted octanol–water partition coefficient (Wildman–Crippen LogP) is 2.23. The number of hydrogen-bond acceptors (Lipinski definition) is 3. The van der Waals surface area contributed by atoms with E-state index in [2.05, 4.69) is 26.6 Å². The molecule has 0 aliphatic heterocycles. The maximum Gasteiger partial charge on any atom is 0.254 e. The molecule has 0 saturated carbocycles. The number of carbonyl (C=O) groups is 3. The lowest BCUT2D eigenvalue weighted by Crippen LogP contribution is -2.46. The highest BCUT2D eigenvalue weighted by Gasteiger charge is 2.21. The van der Waals surface area contributed by atoms with Crippen LogP contribution in [0.1, 0.15) is 22.8 Å². The van der Waals surface area contributed by atoms with Gasteiger partial charge in [-0.3, -0.25) is 14.4 Å². The van der Waals surface area contributed by atoms with Crippen LogP contribution in [0.4, 0.5) is 5.69 Å². The summed E-state index contributed by atoms with van der Waals surface area (Å²) in [5.41, 5.74) is 6.92. The van der Waals surface area contributed by atoms with Gasteiger partial charge < -0.3 is 16.4 Å². The summed E-state index contributed by atoms with van der Waals surface area (Å²) in [6, 6.07) is 13.1. The van der Waals surface area contributed by atoms with Crippen molar-refractivity contribution in [3.8, 4) is 0 Å². The monoisotopic (exact) mass is 403 g/mol. The SMILES string of the molecule is CC(=O)Nc1ccccc1C(=O)N[C@H](Cc1cccc(Br)c1)C(N)=O. The van der Waals surface area contributed by atoms with Crippen LogP contribution in [-0.4, -0.2) is 23.8 Å². The molecule has 130 valence electrons. The average molecular weight is 404 g/mol. The van der Waals surface area contributed by atoms with Crippen molar-refractivity contribution >= 4 is 39.3 Å². The van der Waals surface area contributed by atoms with Crippen molar-refractivity contribution in [1.82, 2.24) is 5.32 Å². The predicted molar refractivity (Wildman–Crippen MR) is 99.0 cm³/mol. The zero-order valence-corrected chi connectivity index (χ0v) is 15.2. The highest BCUT2D eigenvalue weighted by molar-refractivity contribution is 9.10. The normalized spacial score (nSPS) is 11.4. The number of carbonyl (C=O) groups excluding carboxylic acids is 3. The molecule has 0 heterocycles. The van der Waals surface area contributed by atoms with Crippen molar-refractivity contribution < 1.29 is 14.4 Å². The smallest absolute Gasteiger partial charge is 0.254 e. The Bertz CT molecular complexity index is 808. The van der Waals surface area contributed by atoms with Crippen molar-refractivity contribution in [3.05, 3.63) is 64.1 Å². The molecule has 2 rings (SSSR count). The Morgan fingerprint density at radius 2 is 1.84 bits per heavy atom. The second-order valence-electron chi connectivity index (χ2n) is 5.49. The first-order valence-corrected chi connectivity index (χ1v) is 8.37. The van der Waals surface area contributed by atoms with E-state index in [4.69, 9.17) is 5.73 Å². The summed E-state index contributed by atoms with van der Waals surface area (Å²) in [7, 11) is 0. The fraction of sp³-hybridized carbons (Fsp3) is 0.167. The van der Waals surface area contributed by atoms with Gasteiger partial charge in [0.05, 0.1) is 11.3 Å². The molecule has 0 bridgehead atoms. The van der Waals surface area contributed by atoms with Crippen LogP contribution in [0.5, 0.6) is 0 Å². The summed E-state index contributed by atoms with van der Waals surface area (Å²) in [5.74, 6) is -1.41. The quantitative estimate of drug-likeness (QED) is 0.688. The molecule has 2 aromatic rings. The largest absolute Gasteiger partial charge is 0.368 e. The molecule has 0 unspecified atom stereocenters. The van der Waals surface area contributed by atoms with Crippen molar-refractivity contribution in [2.24, 2.45) is 5.73 Å². The zero-order chi connectivity index (χ0) is 18.4. The van der Waals surface area contributed by atoms with E-state index in [1.54, 1.807) is 24.3 Å². The maximum absolute atomic E-state index is 12.5. The Hall–Kier alpha value is -2.67. The van der Waals surface area contributed by atoms with Crippen LogP contribution in [0.15, 0.2) is 53.0 Å². The first-order valence-electron chi connectivity index (χ1n) is 7.58. The number of para-hydroxylation sites is 1. The van der Waals surface area contributed by atoms with Gasteiger partial charge in [0.25, 0.3) is 5.91 Å². The number of rotatable bonds is 6. The van der Waals surface area contributed by atoms with E-state index in [1.165, 1.54) is 6.92 Å². The molecule has 0 aliphatic rings. The van der Waals surface area contributed by atoms with Crippen LogP contribution in [0.2, 0.25) is 0 Å². The molecule has 4 N–H and O–H groups in total. The first kappa shape index (κ1) is 18.7. The summed E-state index contributed by atoms with van der Waals surface area (Å²) in [6.45, 7) is 1.36. The van der Waals surface area contributed by atoms with Crippen LogP contribution in [0.25, 0.3) is 0 Å². The standard InChI is InChI=1S/C18H18BrN3O3/c1-11(23)21-15-8-3-2-7-14(15)18(25)22-16(17(20)24)10-12-5-4-6-13(19)9-12/h2-9,16H,10H2,1H3,(H2,20,24)(H,21,23)(H,22,25)/t16-/m1/s1. The third-order valence-corrected chi connectivity index (χ3v) is 3.95. The molecule has 3 amide bonds. The Labute approximate surface area is 153 Å². The van der Waals surface area contributed by atoms with Gasteiger partial charge in [-0.05, 0) is 29.8 Å². The van der Waals surface area contributed by atoms with Crippen LogP contribution >= 0.6 is 15.9 Å². The molecular formula is C18H18BrN3O3. The minimum atomic E-state index is -0.868. The fourth-order valence-corrected chi connectivity index (χ4v) is 2.78. The van der Waals surface area contributed by atoms with Gasteiger partial charge in [-0.25, -0.2) is 0 Å². The molecule has 1 atom stereocenters. The Morgan fingerprint density at radius 1 is 1.12 bits per heavy atom. The van der Waals surface area contributed by atoms with E-state index in [1.807, 2.05) is 24.3 Å². The van der Waals surface area contributed by atoms with Gasteiger partial charge >= 0.3 is 0 Å². The molecule has 2 aromatic carbocycles. The second kappa shape index (κ2) is 8.43. The number of benzene rings is 2. The van der Waals surface area contributed by atoms with Gasteiger partial charge in [-0.15, -0.1) is 0 Å². The third-order valence-electron chi connectivity index (χ3n) is 3.46. The molecule has 0 spiro atoms. The van der Waals surface area contributed by atoms with E-state index in [9.17, 15) is 14.4 Å². The molecule has 0 aromatic heterocycles. The minimum Gasteiger partial charge on any atom is -0.368 e. The van der Waals surface area contributed by atoms with Crippen molar-refractivity contribution in [3.63, 3.8) is 0 Å². The van der Waals surface area contributed by atoms with Crippen molar-refractivity contribution in [2.45, 2.75) is 19.4 Å². The number of primary amides is 1. The fourth-order valence-electron chi connectivity index (χ4n) is 2.34. The number of nitrogens with one attached hydrogen (secondary N) is 2. The van der Waals surface area contributed by atoms with Gasteiger partial charge in [0.2, 0.25) is 11.8 Å². The molecule has 25 heavy (non-hydrogen) atoms. The molecular weight excluding hydrogens is 386 g/mol. The summed E-state index contributed by atoms with van der Waals surface area (Å²) >= 11 is 3.37. The van der Waals surface area contributed by atoms with Crippen LogP contribution < -0.4 is 16.4 Å². The average Bonchev–Trinajstić information content (AvgIpc) is 2.54. The number of nitrogens with two attached hydrogens (primary N) is 1. The molecule has 7 heteroatoms. The molecule has 6 nitrogen and oxygen atoms in total. The lowest BCUT2D eigenvalue weighted by atomic mass is 10.0. The molecule has 0 saturated heterocycles. The Balaban J connectivity index is 2.18. The third kappa shape index (κ3) is 5.42. The van der Waals surface area contributed by atoms with E-state index in [0.717, 1.165) is 10.0 Å². The topological polar surface area (TPSA) is 101 Å². The van der Waals surface area contributed by atoms with Gasteiger partial charge in [-0.1, -0.05) is 40.2 Å². The van der Waals surface area contributed by atoms with Gasteiger partial charge in [0.15, 0.2) is 0 Å². The number of halogens is 1. The lowest BCUT2D eigenvalue weighted by Gasteiger charge is -2.17. The van der Waals surface area contributed by atoms with Gasteiger partial charge in [0.1, 0.15) is 6.04 Å².